The average Bonchev–Trinajstić information content (AvgIpc) is 2.64. The Bertz CT molecular complexity index is 338. The Labute approximate surface area is 165 Å². The van der Waals surface area contributed by atoms with Gasteiger partial charge in [0.15, 0.2) is 0 Å². The van der Waals surface area contributed by atoms with Crippen molar-refractivity contribution >= 4 is 6.60 Å². The fourth-order valence-corrected chi connectivity index (χ4v) is 15.3. The van der Waals surface area contributed by atoms with E-state index in [1.165, 1.54) is 102 Å². The molecule has 0 unspecified atom stereocenters. The summed E-state index contributed by atoms with van der Waals surface area (Å²) in [6.07, 6.45) is 26.0. The summed E-state index contributed by atoms with van der Waals surface area (Å²) in [5.74, 6) is 0. The molecule has 0 heterocycles. The third kappa shape index (κ3) is 3.76. The van der Waals surface area contributed by atoms with E-state index in [0.717, 1.165) is 17.0 Å². The normalized spacial score (nSPS) is 27.0. The molecule has 0 aromatic rings. The molecule has 0 N–H and O–H groups in total. The van der Waals surface area contributed by atoms with Crippen LogP contribution in [-0.2, 0) is 20.4 Å². The maximum Gasteiger partial charge on any atom is 0 e. The summed E-state index contributed by atoms with van der Waals surface area (Å²) in [4.78, 5) is 0. The molecule has 0 atom stereocenters. The van der Waals surface area contributed by atoms with Crippen LogP contribution in [0.4, 0.5) is 0 Å². The zero-order valence-electron chi connectivity index (χ0n) is 15.8. The summed E-state index contributed by atoms with van der Waals surface area (Å²) in [5, 5.41) is 0. The van der Waals surface area contributed by atoms with E-state index < -0.39 is 6.60 Å². The van der Waals surface area contributed by atoms with E-state index in [1.54, 1.807) is 0 Å². The van der Waals surface area contributed by atoms with E-state index in [2.05, 4.69) is 12.7 Å². The summed E-state index contributed by atoms with van der Waals surface area (Å²) in [6.45, 7) is 7.72. The van der Waals surface area contributed by atoms with E-state index in [4.69, 9.17) is 6.66 Å². The Hall–Kier alpha value is 0.832. The van der Waals surface area contributed by atoms with Crippen molar-refractivity contribution < 1.29 is 20.4 Å². The van der Waals surface area contributed by atoms with Crippen molar-refractivity contribution in [1.29, 1.82) is 0 Å². The molecule has 3 aliphatic rings. The SMILES string of the molecule is [CH2]P(CC=C)(C1CCCCC1)(C1CCCCC1)C1CCCCC1.[Pd]. The van der Waals surface area contributed by atoms with E-state index >= 15 is 0 Å². The smallest absolute Gasteiger partial charge is 0 e. The number of allylic oxidation sites excluding steroid dienone is 1. The van der Waals surface area contributed by atoms with Gasteiger partial charge in [-0.2, -0.15) is 0 Å². The van der Waals surface area contributed by atoms with E-state index in [-0.39, 0.29) is 20.4 Å². The Balaban J connectivity index is 0.00000208. The molecule has 0 saturated heterocycles. The molecule has 3 aliphatic carbocycles. The first kappa shape index (κ1) is 21.1. The van der Waals surface area contributed by atoms with Gasteiger partial charge in [0.25, 0.3) is 0 Å². The van der Waals surface area contributed by atoms with Crippen molar-refractivity contribution in [2.24, 2.45) is 0 Å². The zero-order valence-corrected chi connectivity index (χ0v) is 18.2. The van der Waals surface area contributed by atoms with Gasteiger partial charge in [-0.25, -0.2) is 0 Å². The predicted molar refractivity (Wildman–Crippen MR) is 108 cm³/mol. The van der Waals surface area contributed by atoms with Gasteiger partial charge in [-0.1, -0.05) is 0 Å². The van der Waals surface area contributed by atoms with Crippen molar-refractivity contribution in [3.8, 4) is 0 Å². The predicted octanol–water partition coefficient (Wildman–Crippen LogP) is 7.51. The molecule has 143 valence electrons. The van der Waals surface area contributed by atoms with Crippen LogP contribution in [0.1, 0.15) is 96.3 Å². The summed E-state index contributed by atoms with van der Waals surface area (Å²) in [7, 11) is 0. The van der Waals surface area contributed by atoms with E-state index in [1.807, 2.05) is 0 Å². The van der Waals surface area contributed by atoms with Gasteiger partial charge in [-0.05, 0) is 0 Å². The van der Waals surface area contributed by atoms with Crippen LogP contribution in [0.25, 0.3) is 0 Å². The largest absolute Gasteiger partial charge is 0 e. The topological polar surface area (TPSA) is 0 Å². The Kier molecular flexibility index (Phi) is 8.07. The summed E-state index contributed by atoms with van der Waals surface area (Å²) in [6, 6.07) is 0. The molecule has 3 saturated carbocycles. The second-order valence-corrected chi connectivity index (χ2v) is 15.2. The monoisotopic (exact) mass is 441 g/mol. The average molecular weight is 442 g/mol. The van der Waals surface area contributed by atoms with Crippen LogP contribution in [0.5, 0.6) is 0 Å². The Morgan fingerprint density at radius 1 is 0.625 bits per heavy atom. The molecule has 3 rings (SSSR count). The number of rotatable bonds is 5. The van der Waals surface area contributed by atoms with Crippen molar-refractivity contribution in [3.63, 3.8) is 0 Å². The Morgan fingerprint density at radius 3 is 1.17 bits per heavy atom. The van der Waals surface area contributed by atoms with Gasteiger partial charge < -0.3 is 0 Å². The second kappa shape index (κ2) is 9.16. The van der Waals surface area contributed by atoms with E-state index in [0.29, 0.717) is 0 Å². The van der Waals surface area contributed by atoms with Gasteiger partial charge in [0.2, 0.25) is 0 Å². The molecular formula is C22H40PPd. The summed E-state index contributed by atoms with van der Waals surface area (Å²) >= 11 is 0. The fourth-order valence-electron chi connectivity index (χ4n) is 6.89. The van der Waals surface area contributed by atoms with Gasteiger partial charge >= 0.3 is 145 Å². The van der Waals surface area contributed by atoms with Crippen LogP contribution < -0.4 is 0 Å². The van der Waals surface area contributed by atoms with Crippen molar-refractivity contribution in [1.82, 2.24) is 0 Å². The minimum Gasteiger partial charge on any atom is 0 e. The summed E-state index contributed by atoms with van der Waals surface area (Å²) in [5.41, 5.74) is 2.96. The first-order valence-electron chi connectivity index (χ1n) is 10.7. The number of hydrogen-bond acceptors (Lipinski definition) is 0. The molecule has 24 heavy (non-hydrogen) atoms. The second-order valence-electron chi connectivity index (χ2n) is 9.11. The minimum atomic E-state index is -1.97. The molecular weight excluding hydrogens is 402 g/mol. The first-order chi connectivity index (χ1) is 11.2. The molecule has 0 amide bonds. The molecule has 0 aromatic heterocycles. The molecule has 0 bridgehead atoms. The van der Waals surface area contributed by atoms with Crippen LogP contribution in [-0.4, -0.2) is 23.1 Å². The van der Waals surface area contributed by atoms with Crippen LogP contribution in [0.15, 0.2) is 12.7 Å². The van der Waals surface area contributed by atoms with Crippen molar-refractivity contribution in [2.45, 2.75) is 113 Å². The first-order valence-corrected chi connectivity index (χ1v) is 13.5. The van der Waals surface area contributed by atoms with Gasteiger partial charge in [-0.3, -0.25) is 0 Å². The molecule has 0 nitrogen and oxygen atoms in total. The van der Waals surface area contributed by atoms with Crippen LogP contribution in [0, 0.1) is 6.66 Å². The molecule has 3 fully saturated rings. The zero-order chi connectivity index (χ0) is 16.2. The van der Waals surface area contributed by atoms with Crippen molar-refractivity contribution in [3.05, 3.63) is 19.3 Å². The van der Waals surface area contributed by atoms with Crippen molar-refractivity contribution in [2.75, 3.05) is 6.16 Å². The van der Waals surface area contributed by atoms with Crippen LogP contribution >= 0.6 is 6.60 Å². The summed E-state index contributed by atoms with van der Waals surface area (Å²) < 4.78 is 0. The van der Waals surface area contributed by atoms with Gasteiger partial charge in [-0.15, -0.1) is 0 Å². The maximum atomic E-state index is 5.42. The molecule has 0 aromatic carbocycles. The standard InChI is InChI=1S/C22H40P.Pd/c1-3-19-23(2,20-13-7-4-8-14-20,21-15-9-5-10-16-21)22-17-11-6-12-18-22;/h3,20-22H,1-2,4-19H2;. The van der Waals surface area contributed by atoms with Gasteiger partial charge in [0.1, 0.15) is 0 Å². The van der Waals surface area contributed by atoms with Gasteiger partial charge in [0, 0.05) is 20.4 Å². The number of hydrogen-bond donors (Lipinski definition) is 0. The molecule has 0 spiro atoms. The van der Waals surface area contributed by atoms with Crippen LogP contribution in [0.3, 0.4) is 0 Å². The Morgan fingerprint density at radius 2 is 0.917 bits per heavy atom. The third-order valence-electron chi connectivity index (χ3n) is 8.11. The third-order valence-corrected chi connectivity index (χ3v) is 16.4. The fraction of sp³-hybridized carbons (Fsp3) is 0.864. The molecule has 1 radical (unpaired) electrons. The minimum absolute atomic E-state index is 0. The molecule has 0 aliphatic heterocycles. The van der Waals surface area contributed by atoms with E-state index in [9.17, 15) is 0 Å². The van der Waals surface area contributed by atoms with Gasteiger partial charge in [0.05, 0.1) is 0 Å². The maximum absolute atomic E-state index is 5.42. The van der Waals surface area contributed by atoms with Crippen LogP contribution in [0.2, 0.25) is 0 Å². The molecule has 2 heteroatoms. The quantitative estimate of drug-likeness (QED) is 0.235.